The van der Waals surface area contributed by atoms with E-state index in [4.69, 9.17) is 4.74 Å². The van der Waals surface area contributed by atoms with Crippen molar-refractivity contribution in [2.75, 3.05) is 7.11 Å². The van der Waals surface area contributed by atoms with Gasteiger partial charge in [-0.25, -0.2) is 0 Å². The van der Waals surface area contributed by atoms with Gasteiger partial charge in [-0.2, -0.15) is 0 Å². The van der Waals surface area contributed by atoms with Gasteiger partial charge in [0.2, 0.25) is 0 Å². The fourth-order valence-electron chi connectivity index (χ4n) is 2.36. The molecular weight excluding hydrogens is 238 g/mol. The predicted molar refractivity (Wildman–Crippen MR) is 75.7 cm³/mol. The molecule has 0 fully saturated rings. The third-order valence-corrected chi connectivity index (χ3v) is 3.26. The number of phenolic OH excluding ortho intramolecular Hbond substituents is 1. The zero-order valence-electron chi connectivity index (χ0n) is 10.7. The van der Waals surface area contributed by atoms with E-state index in [1.165, 1.54) is 0 Å². The summed E-state index contributed by atoms with van der Waals surface area (Å²) in [5.41, 5.74) is 2.20. The second-order valence-electron chi connectivity index (χ2n) is 4.51. The quantitative estimate of drug-likeness (QED) is 0.776. The molecule has 3 heteroatoms. The number of benzene rings is 2. The van der Waals surface area contributed by atoms with E-state index in [-0.39, 0.29) is 0 Å². The third kappa shape index (κ3) is 2.15. The lowest BCUT2D eigenvalue weighted by Gasteiger charge is -2.07. The van der Waals surface area contributed by atoms with Crippen molar-refractivity contribution in [2.45, 2.75) is 6.54 Å². The Morgan fingerprint density at radius 2 is 1.95 bits per heavy atom. The molecule has 1 aromatic heterocycles. The van der Waals surface area contributed by atoms with Crippen molar-refractivity contribution < 1.29 is 9.84 Å². The molecule has 3 rings (SSSR count). The van der Waals surface area contributed by atoms with E-state index in [2.05, 4.69) is 16.7 Å². The predicted octanol–water partition coefficient (Wildman–Crippen LogP) is 3.40. The summed E-state index contributed by atoms with van der Waals surface area (Å²) in [7, 11) is 1.68. The van der Waals surface area contributed by atoms with Crippen molar-refractivity contribution >= 4 is 10.9 Å². The first-order valence-corrected chi connectivity index (χ1v) is 6.17. The van der Waals surface area contributed by atoms with E-state index >= 15 is 0 Å². The molecule has 0 spiro atoms. The van der Waals surface area contributed by atoms with Crippen LogP contribution in [-0.2, 0) is 6.54 Å². The van der Waals surface area contributed by atoms with Gasteiger partial charge in [-0.05, 0) is 35.9 Å². The summed E-state index contributed by atoms with van der Waals surface area (Å²) in [4.78, 5) is 0. The first-order valence-electron chi connectivity index (χ1n) is 6.17. The molecule has 1 N–H and O–H groups in total. The van der Waals surface area contributed by atoms with Gasteiger partial charge in [0.1, 0.15) is 11.5 Å². The molecule has 0 bridgehead atoms. The molecule has 0 aliphatic carbocycles. The summed E-state index contributed by atoms with van der Waals surface area (Å²) in [6.45, 7) is 0.727. The monoisotopic (exact) mass is 253 g/mol. The number of phenols is 1. The molecule has 0 atom stereocenters. The minimum Gasteiger partial charge on any atom is -0.508 e. The van der Waals surface area contributed by atoms with Crippen LogP contribution < -0.4 is 4.74 Å². The number of hydrogen-bond donors (Lipinski definition) is 1. The number of aromatic nitrogens is 1. The van der Waals surface area contributed by atoms with Crippen LogP contribution in [0.4, 0.5) is 0 Å². The normalized spacial score (nSPS) is 10.8. The van der Waals surface area contributed by atoms with Gasteiger partial charge in [0.15, 0.2) is 0 Å². The van der Waals surface area contributed by atoms with Crippen LogP contribution in [0, 0.1) is 0 Å². The van der Waals surface area contributed by atoms with Crippen molar-refractivity contribution in [1.29, 1.82) is 0 Å². The molecule has 96 valence electrons. The molecule has 0 radical (unpaired) electrons. The maximum atomic E-state index is 9.51. The van der Waals surface area contributed by atoms with Crippen molar-refractivity contribution in [3.05, 3.63) is 60.3 Å². The third-order valence-electron chi connectivity index (χ3n) is 3.26. The average Bonchev–Trinajstić information content (AvgIpc) is 2.82. The zero-order chi connectivity index (χ0) is 13.2. The number of hydrogen-bond acceptors (Lipinski definition) is 2. The topological polar surface area (TPSA) is 34.4 Å². The highest BCUT2D eigenvalue weighted by Gasteiger charge is 2.06. The molecule has 19 heavy (non-hydrogen) atoms. The highest BCUT2D eigenvalue weighted by Crippen LogP contribution is 2.27. The van der Waals surface area contributed by atoms with Crippen LogP contribution in [0.5, 0.6) is 11.5 Å². The van der Waals surface area contributed by atoms with E-state index in [9.17, 15) is 5.11 Å². The molecule has 0 amide bonds. The summed E-state index contributed by atoms with van der Waals surface area (Å²) in [5.74, 6) is 1.18. The summed E-state index contributed by atoms with van der Waals surface area (Å²) >= 11 is 0. The van der Waals surface area contributed by atoms with Gasteiger partial charge in [-0.15, -0.1) is 0 Å². The molecule has 0 aliphatic rings. The Bertz CT molecular complexity index is 716. The standard InChI is InChI=1S/C16H15NO2/c1-19-16-7-3-6-15-14(16)8-9-17(15)11-12-4-2-5-13(18)10-12/h2-10,18H,11H2,1H3. The highest BCUT2D eigenvalue weighted by molar-refractivity contribution is 5.86. The Morgan fingerprint density at radius 3 is 2.74 bits per heavy atom. The van der Waals surface area contributed by atoms with Gasteiger partial charge < -0.3 is 14.4 Å². The van der Waals surface area contributed by atoms with Crippen LogP contribution in [0.3, 0.4) is 0 Å². The molecular formula is C16H15NO2. The van der Waals surface area contributed by atoms with Crippen LogP contribution in [0.1, 0.15) is 5.56 Å². The Labute approximate surface area is 111 Å². The second kappa shape index (κ2) is 4.69. The maximum Gasteiger partial charge on any atom is 0.128 e. The lowest BCUT2D eigenvalue weighted by molar-refractivity contribution is 0.420. The fourth-order valence-corrected chi connectivity index (χ4v) is 2.36. The maximum absolute atomic E-state index is 9.51. The molecule has 0 saturated carbocycles. The molecule has 1 heterocycles. The summed E-state index contributed by atoms with van der Waals surface area (Å²) < 4.78 is 7.50. The van der Waals surface area contributed by atoms with E-state index in [0.29, 0.717) is 5.75 Å². The number of methoxy groups -OCH3 is 1. The number of fused-ring (bicyclic) bond motifs is 1. The summed E-state index contributed by atoms with van der Waals surface area (Å²) in [5, 5.41) is 10.6. The van der Waals surface area contributed by atoms with Crippen LogP contribution in [0.2, 0.25) is 0 Å². The first-order chi connectivity index (χ1) is 9.28. The van der Waals surface area contributed by atoms with Crippen molar-refractivity contribution in [3.8, 4) is 11.5 Å². The summed E-state index contributed by atoms with van der Waals surface area (Å²) in [6.07, 6.45) is 2.04. The number of rotatable bonds is 3. The van der Waals surface area contributed by atoms with Crippen molar-refractivity contribution in [1.82, 2.24) is 4.57 Å². The molecule has 0 aliphatic heterocycles. The van der Waals surface area contributed by atoms with E-state index in [0.717, 1.165) is 28.8 Å². The Kier molecular flexibility index (Phi) is 2.88. The lowest BCUT2D eigenvalue weighted by atomic mass is 10.2. The van der Waals surface area contributed by atoms with Gasteiger partial charge in [-0.1, -0.05) is 18.2 Å². The Morgan fingerprint density at radius 1 is 1.11 bits per heavy atom. The molecule has 3 aromatic rings. The van der Waals surface area contributed by atoms with Crippen molar-refractivity contribution in [3.63, 3.8) is 0 Å². The highest BCUT2D eigenvalue weighted by atomic mass is 16.5. The molecule has 3 nitrogen and oxygen atoms in total. The second-order valence-corrected chi connectivity index (χ2v) is 4.51. The molecule has 0 unspecified atom stereocenters. The van der Waals surface area contributed by atoms with Crippen LogP contribution in [-0.4, -0.2) is 16.8 Å². The Balaban J connectivity index is 2.02. The van der Waals surface area contributed by atoms with E-state index in [1.807, 2.05) is 30.5 Å². The lowest BCUT2D eigenvalue weighted by Crippen LogP contribution is -1.97. The minimum atomic E-state index is 0.298. The Hall–Kier alpha value is -2.42. The van der Waals surface area contributed by atoms with Gasteiger partial charge in [0.05, 0.1) is 12.6 Å². The van der Waals surface area contributed by atoms with Crippen molar-refractivity contribution in [2.24, 2.45) is 0 Å². The van der Waals surface area contributed by atoms with Crippen LogP contribution >= 0.6 is 0 Å². The van der Waals surface area contributed by atoms with Crippen LogP contribution in [0.15, 0.2) is 54.7 Å². The number of nitrogens with zero attached hydrogens (tertiary/aromatic N) is 1. The largest absolute Gasteiger partial charge is 0.508 e. The smallest absolute Gasteiger partial charge is 0.128 e. The van der Waals surface area contributed by atoms with Crippen LogP contribution in [0.25, 0.3) is 10.9 Å². The molecule has 0 saturated heterocycles. The zero-order valence-corrected chi connectivity index (χ0v) is 10.7. The molecule has 2 aromatic carbocycles. The SMILES string of the molecule is COc1cccc2c1ccn2Cc1cccc(O)c1. The van der Waals surface area contributed by atoms with E-state index in [1.54, 1.807) is 19.2 Å². The van der Waals surface area contributed by atoms with Gasteiger partial charge >= 0.3 is 0 Å². The number of aromatic hydroxyl groups is 1. The van der Waals surface area contributed by atoms with Gasteiger partial charge in [0.25, 0.3) is 0 Å². The van der Waals surface area contributed by atoms with Gasteiger partial charge in [-0.3, -0.25) is 0 Å². The van der Waals surface area contributed by atoms with E-state index < -0.39 is 0 Å². The summed E-state index contributed by atoms with van der Waals surface area (Å²) in [6, 6.07) is 15.4. The first kappa shape index (κ1) is 11.7. The average molecular weight is 253 g/mol. The number of ether oxygens (including phenoxy) is 1. The van der Waals surface area contributed by atoms with Gasteiger partial charge in [0, 0.05) is 18.1 Å². The fraction of sp³-hybridized carbons (Fsp3) is 0.125. The minimum absolute atomic E-state index is 0.298.